The van der Waals surface area contributed by atoms with E-state index < -0.39 is 0 Å². The fourth-order valence-corrected chi connectivity index (χ4v) is 3.90. The lowest BCUT2D eigenvalue weighted by Crippen LogP contribution is -2.40. The van der Waals surface area contributed by atoms with Gasteiger partial charge in [-0.1, -0.05) is 11.6 Å². The van der Waals surface area contributed by atoms with Crippen LogP contribution in [-0.2, 0) is 4.74 Å². The Kier molecular flexibility index (Phi) is 5.64. The Bertz CT molecular complexity index is 845. The van der Waals surface area contributed by atoms with Crippen molar-refractivity contribution >= 4 is 23.4 Å². The molecule has 7 nitrogen and oxygen atoms in total. The van der Waals surface area contributed by atoms with Crippen molar-refractivity contribution in [1.29, 1.82) is 0 Å². The van der Waals surface area contributed by atoms with E-state index in [-0.39, 0.29) is 17.7 Å². The molecule has 4 rings (SSSR count). The molecule has 1 unspecified atom stereocenters. The number of nitrogens with one attached hydrogen (secondary N) is 1. The molecule has 28 heavy (non-hydrogen) atoms. The highest BCUT2D eigenvalue weighted by atomic mass is 35.5. The quantitative estimate of drug-likeness (QED) is 0.855. The molecule has 8 heteroatoms. The number of benzene rings is 1. The molecule has 0 spiro atoms. The largest absolute Gasteiger partial charge is 0.378 e. The molecule has 0 bridgehead atoms. The van der Waals surface area contributed by atoms with Crippen LogP contribution in [0.15, 0.2) is 30.3 Å². The Balaban J connectivity index is 1.43. The summed E-state index contributed by atoms with van der Waals surface area (Å²) in [5.74, 6) is 0.0740. The first-order valence-corrected chi connectivity index (χ1v) is 9.97. The number of carbonyl (C=O) groups excluding carboxylic acids is 2. The van der Waals surface area contributed by atoms with Crippen LogP contribution in [0, 0.1) is 0 Å². The number of rotatable bonds is 3. The number of amides is 2. The number of piperidine rings is 1. The second kappa shape index (κ2) is 8.32. The van der Waals surface area contributed by atoms with Gasteiger partial charge >= 0.3 is 0 Å². The van der Waals surface area contributed by atoms with E-state index in [0.29, 0.717) is 49.1 Å². The van der Waals surface area contributed by atoms with Gasteiger partial charge in [-0.15, -0.1) is 0 Å². The summed E-state index contributed by atoms with van der Waals surface area (Å²) in [6.45, 7) is 3.64. The first-order chi connectivity index (χ1) is 13.6. The molecule has 148 valence electrons. The second-order valence-corrected chi connectivity index (χ2v) is 7.65. The summed E-state index contributed by atoms with van der Waals surface area (Å²) in [4.78, 5) is 29.0. The maximum Gasteiger partial charge on any atom is 0.274 e. The molecule has 2 aromatic rings. The molecule has 1 N–H and O–H groups in total. The fraction of sp³-hybridized carbons (Fsp3) is 0.450. The van der Waals surface area contributed by atoms with Crippen molar-refractivity contribution in [1.82, 2.24) is 20.0 Å². The van der Waals surface area contributed by atoms with E-state index in [9.17, 15) is 9.59 Å². The van der Waals surface area contributed by atoms with Crippen molar-refractivity contribution in [3.63, 3.8) is 0 Å². The minimum atomic E-state index is -0.0734. The molecule has 1 aromatic heterocycles. The number of aromatic nitrogens is 2. The third kappa shape index (κ3) is 4.05. The summed E-state index contributed by atoms with van der Waals surface area (Å²) in [5.41, 5.74) is 1.97. The number of hydrogen-bond donors (Lipinski definition) is 1. The molecular formula is C20H23ClN4O3. The molecule has 2 aliphatic heterocycles. The number of ether oxygens (including phenoxy) is 1. The number of morpholine rings is 1. The van der Waals surface area contributed by atoms with Crippen molar-refractivity contribution in [3.8, 4) is 0 Å². The normalized spacial score (nSPS) is 20.2. The Morgan fingerprint density at radius 3 is 2.57 bits per heavy atom. The Labute approximate surface area is 168 Å². The lowest BCUT2D eigenvalue weighted by atomic mass is 9.94. The maximum absolute atomic E-state index is 12.8. The maximum atomic E-state index is 12.8. The topological polar surface area (TPSA) is 78.5 Å². The van der Waals surface area contributed by atoms with Gasteiger partial charge in [-0.3, -0.25) is 14.7 Å². The molecule has 2 fully saturated rings. The summed E-state index contributed by atoms with van der Waals surface area (Å²) in [6, 6.07) is 8.80. The van der Waals surface area contributed by atoms with Crippen molar-refractivity contribution in [3.05, 3.63) is 52.3 Å². The van der Waals surface area contributed by atoms with Gasteiger partial charge in [0.05, 0.1) is 13.2 Å². The van der Waals surface area contributed by atoms with Gasteiger partial charge in [0.15, 0.2) is 0 Å². The molecule has 2 aliphatic rings. The monoisotopic (exact) mass is 402 g/mol. The highest BCUT2D eigenvalue weighted by Crippen LogP contribution is 2.27. The van der Waals surface area contributed by atoms with E-state index in [0.717, 1.165) is 25.1 Å². The summed E-state index contributed by atoms with van der Waals surface area (Å²) < 4.78 is 5.30. The molecule has 0 saturated carbocycles. The van der Waals surface area contributed by atoms with Crippen molar-refractivity contribution in [2.24, 2.45) is 0 Å². The van der Waals surface area contributed by atoms with Gasteiger partial charge in [0.2, 0.25) is 0 Å². The molecule has 1 aromatic carbocycles. The van der Waals surface area contributed by atoms with Crippen LogP contribution in [-0.4, -0.2) is 71.2 Å². The number of H-pyrrole nitrogens is 1. The number of likely N-dealkylation sites (tertiary alicyclic amines) is 1. The third-order valence-electron chi connectivity index (χ3n) is 5.35. The number of halogens is 1. The fourth-order valence-electron chi connectivity index (χ4n) is 3.77. The lowest BCUT2D eigenvalue weighted by molar-refractivity contribution is 0.0299. The van der Waals surface area contributed by atoms with E-state index in [1.807, 2.05) is 11.0 Å². The van der Waals surface area contributed by atoms with E-state index in [1.165, 1.54) is 0 Å². The van der Waals surface area contributed by atoms with Gasteiger partial charge in [-0.25, -0.2) is 0 Å². The van der Waals surface area contributed by atoms with Crippen molar-refractivity contribution in [2.75, 3.05) is 39.4 Å². The van der Waals surface area contributed by atoms with E-state index in [4.69, 9.17) is 16.3 Å². The van der Waals surface area contributed by atoms with E-state index in [1.54, 1.807) is 29.2 Å². The Hall–Kier alpha value is -2.38. The third-order valence-corrected chi connectivity index (χ3v) is 5.61. The summed E-state index contributed by atoms with van der Waals surface area (Å²) >= 11 is 5.92. The highest BCUT2D eigenvalue weighted by molar-refractivity contribution is 6.30. The van der Waals surface area contributed by atoms with Gasteiger partial charge in [0.25, 0.3) is 11.8 Å². The van der Waals surface area contributed by atoms with Crippen LogP contribution in [0.1, 0.15) is 45.3 Å². The average Bonchev–Trinajstić information content (AvgIpc) is 3.24. The average molecular weight is 403 g/mol. The van der Waals surface area contributed by atoms with Gasteiger partial charge in [-0.2, -0.15) is 5.10 Å². The molecule has 1 atom stereocenters. The number of aromatic amines is 1. The van der Waals surface area contributed by atoms with E-state index >= 15 is 0 Å². The zero-order valence-corrected chi connectivity index (χ0v) is 16.3. The SMILES string of the molecule is O=C(c1ccc(Cl)cc1)N1CCCC(c2cc(C(=O)N3CCOCC3)n[nH]2)C1. The molecular weight excluding hydrogens is 380 g/mol. The predicted molar refractivity (Wildman–Crippen MR) is 105 cm³/mol. The first-order valence-electron chi connectivity index (χ1n) is 9.59. The van der Waals surface area contributed by atoms with E-state index in [2.05, 4.69) is 10.2 Å². The van der Waals surface area contributed by atoms with Crippen LogP contribution >= 0.6 is 11.6 Å². The van der Waals surface area contributed by atoms with Gasteiger partial charge in [-0.05, 0) is 43.2 Å². The predicted octanol–water partition coefficient (Wildman–Crippen LogP) is 2.56. The summed E-state index contributed by atoms with van der Waals surface area (Å²) in [7, 11) is 0. The zero-order valence-electron chi connectivity index (χ0n) is 15.6. The number of carbonyl (C=O) groups is 2. The zero-order chi connectivity index (χ0) is 19.5. The smallest absolute Gasteiger partial charge is 0.274 e. The number of nitrogens with zero attached hydrogens (tertiary/aromatic N) is 3. The van der Waals surface area contributed by atoms with Gasteiger partial charge < -0.3 is 14.5 Å². The molecule has 3 heterocycles. The minimum Gasteiger partial charge on any atom is -0.378 e. The van der Waals surface area contributed by atoms with Crippen LogP contribution < -0.4 is 0 Å². The van der Waals surface area contributed by atoms with Crippen LogP contribution in [0.2, 0.25) is 5.02 Å². The van der Waals surface area contributed by atoms with Gasteiger partial charge in [0, 0.05) is 48.4 Å². The van der Waals surface area contributed by atoms with Crippen LogP contribution in [0.25, 0.3) is 0 Å². The minimum absolute atomic E-state index is 0.00509. The van der Waals surface area contributed by atoms with Gasteiger partial charge in [0.1, 0.15) is 5.69 Å². The van der Waals surface area contributed by atoms with Crippen molar-refractivity contribution < 1.29 is 14.3 Å². The first kappa shape index (κ1) is 19.0. The Morgan fingerprint density at radius 2 is 1.82 bits per heavy atom. The summed E-state index contributed by atoms with van der Waals surface area (Å²) in [6.07, 6.45) is 1.87. The van der Waals surface area contributed by atoms with Crippen molar-refractivity contribution in [2.45, 2.75) is 18.8 Å². The van der Waals surface area contributed by atoms with Crippen LogP contribution in [0.3, 0.4) is 0 Å². The highest BCUT2D eigenvalue weighted by Gasteiger charge is 2.28. The molecule has 2 saturated heterocycles. The van der Waals surface area contributed by atoms with Crippen LogP contribution in [0.4, 0.5) is 0 Å². The standard InChI is InChI=1S/C20H23ClN4O3/c21-16-5-3-14(4-6-16)19(26)25-7-1-2-15(13-25)17-12-18(23-22-17)20(27)24-8-10-28-11-9-24/h3-6,12,15H,1-2,7-11,13H2,(H,22,23). The molecule has 0 aliphatic carbocycles. The lowest BCUT2D eigenvalue weighted by Gasteiger charge is -2.32. The second-order valence-electron chi connectivity index (χ2n) is 7.21. The van der Waals surface area contributed by atoms with Crippen LogP contribution in [0.5, 0.6) is 0 Å². The number of hydrogen-bond acceptors (Lipinski definition) is 4. The molecule has 2 amide bonds. The molecule has 0 radical (unpaired) electrons. The Morgan fingerprint density at radius 1 is 1.07 bits per heavy atom. The summed E-state index contributed by atoms with van der Waals surface area (Å²) in [5, 5.41) is 7.86.